The minimum Gasteiger partial charge on any atom is -0.497 e. The SMILES string of the molecule is CCCNCc1cn(Cc2ccc(OC)cc2F)cn1. The van der Waals surface area contributed by atoms with Crippen LogP contribution < -0.4 is 10.1 Å². The normalized spacial score (nSPS) is 10.8. The quantitative estimate of drug-likeness (QED) is 0.791. The molecular formula is C15H20FN3O. The molecule has 0 aliphatic heterocycles. The predicted molar refractivity (Wildman–Crippen MR) is 76.3 cm³/mol. The Morgan fingerprint density at radius 2 is 2.25 bits per heavy atom. The first kappa shape index (κ1) is 14.5. The molecule has 5 heteroatoms. The Hall–Kier alpha value is -1.88. The van der Waals surface area contributed by atoms with Crippen molar-refractivity contribution in [3.8, 4) is 5.75 Å². The van der Waals surface area contributed by atoms with Gasteiger partial charge >= 0.3 is 0 Å². The highest BCUT2D eigenvalue weighted by Gasteiger charge is 2.06. The summed E-state index contributed by atoms with van der Waals surface area (Å²) in [5.74, 6) is 0.269. The van der Waals surface area contributed by atoms with Crippen molar-refractivity contribution < 1.29 is 9.13 Å². The molecule has 1 aromatic heterocycles. The number of aromatic nitrogens is 2. The number of hydrogen-bond donors (Lipinski definition) is 1. The van der Waals surface area contributed by atoms with Crippen molar-refractivity contribution in [2.24, 2.45) is 0 Å². The Bertz CT molecular complexity index is 554. The summed E-state index contributed by atoms with van der Waals surface area (Å²) in [6.07, 6.45) is 4.76. The molecule has 0 amide bonds. The summed E-state index contributed by atoms with van der Waals surface area (Å²) in [6.45, 7) is 4.31. The van der Waals surface area contributed by atoms with Crippen molar-refractivity contribution in [1.29, 1.82) is 0 Å². The van der Waals surface area contributed by atoms with Crippen LogP contribution in [0.2, 0.25) is 0 Å². The molecular weight excluding hydrogens is 257 g/mol. The Morgan fingerprint density at radius 3 is 2.95 bits per heavy atom. The van der Waals surface area contributed by atoms with Crippen LogP contribution in [0.25, 0.3) is 0 Å². The van der Waals surface area contributed by atoms with Gasteiger partial charge in [-0.1, -0.05) is 13.0 Å². The van der Waals surface area contributed by atoms with Gasteiger partial charge in [-0.15, -0.1) is 0 Å². The lowest BCUT2D eigenvalue weighted by Crippen LogP contribution is -2.13. The monoisotopic (exact) mass is 277 g/mol. The first-order chi connectivity index (χ1) is 9.72. The highest BCUT2D eigenvalue weighted by Crippen LogP contribution is 2.17. The summed E-state index contributed by atoms with van der Waals surface area (Å²) in [7, 11) is 1.53. The molecule has 0 bridgehead atoms. The molecule has 0 aliphatic carbocycles. The van der Waals surface area contributed by atoms with E-state index in [9.17, 15) is 4.39 Å². The van der Waals surface area contributed by atoms with E-state index in [1.165, 1.54) is 13.2 Å². The molecule has 1 heterocycles. The Kier molecular flexibility index (Phi) is 5.12. The summed E-state index contributed by atoms with van der Waals surface area (Å²) in [5.41, 5.74) is 1.59. The fraction of sp³-hybridized carbons (Fsp3) is 0.400. The number of rotatable bonds is 7. The van der Waals surface area contributed by atoms with Crippen LogP contribution in [0, 0.1) is 5.82 Å². The number of halogens is 1. The lowest BCUT2D eigenvalue weighted by atomic mass is 10.2. The lowest BCUT2D eigenvalue weighted by molar-refractivity contribution is 0.410. The number of nitrogens with one attached hydrogen (secondary N) is 1. The second kappa shape index (κ2) is 7.05. The third kappa shape index (κ3) is 3.81. The molecule has 2 aromatic rings. The summed E-state index contributed by atoms with van der Waals surface area (Å²) >= 11 is 0. The zero-order valence-corrected chi connectivity index (χ0v) is 11.9. The highest BCUT2D eigenvalue weighted by molar-refractivity contribution is 5.29. The van der Waals surface area contributed by atoms with Crippen molar-refractivity contribution in [3.63, 3.8) is 0 Å². The van der Waals surface area contributed by atoms with E-state index in [2.05, 4.69) is 17.2 Å². The molecule has 108 valence electrons. The summed E-state index contributed by atoms with van der Waals surface area (Å²) in [4.78, 5) is 4.30. The van der Waals surface area contributed by atoms with Gasteiger partial charge < -0.3 is 14.6 Å². The van der Waals surface area contributed by atoms with Crippen LogP contribution in [-0.2, 0) is 13.1 Å². The van der Waals surface area contributed by atoms with E-state index in [1.54, 1.807) is 18.5 Å². The van der Waals surface area contributed by atoms with Crippen molar-refractivity contribution in [3.05, 3.63) is 47.8 Å². The molecule has 2 rings (SSSR count). The number of nitrogens with zero attached hydrogens (tertiary/aromatic N) is 2. The smallest absolute Gasteiger partial charge is 0.131 e. The van der Waals surface area contributed by atoms with Crippen LogP contribution in [0.15, 0.2) is 30.7 Å². The van der Waals surface area contributed by atoms with Gasteiger partial charge in [0.05, 0.1) is 25.7 Å². The van der Waals surface area contributed by atoms with Gasteiger partial charge in [-0.25, -0.2) is 9.37 Å². The molecule has 1 N–H and O–H groups in total. The molecule has 0 unspecified atom stereocenters. The molecule has 0 saturated carbocycles. The van der Waals surface area contributed by atoms with Crippen molar-refractivity contribution in [1.82, 2.24) is 14.9 Å². The minimum absolute atomic E-state index is 0.260. The summed E-state index contributed by atoms with van der Waals surface area (Å²) in [6, 6.07) is 4.90. The van der Waals surface area contributed by atoms with E-state index in [0.29, 0.717) is 17.9 Å². The number of methoxy groups -OCH3 is 1. The third-order valence-electron chi connectivity index (χ3n) is 3.03. The van der Waals surface area contributed by atoms with E-state index >= 15 is 0 Å². The molecule has 0 fully saturated rings. The van der Waals surface area contributed by atoms with Crippen molar-refractivity contribution in [2.75, 3.05) is 13.7 Å². The van der Waals surface area contributed by atoms with Gasteiger partial charge in [-0.3, -0.25) is 0 Å². The van der Waals surface area contributed by atoms with Crippen LogP contribution in [0.4, 0.5) is 4.39 Å². The average molecular weight is 277 g/mol. The first-order valence-corrected chi connectivity index (χ1v) is 6.76. The van der Waals surface area contributed by atoms with Gasteiger partial charge in [0.2, 0.25) is 0 Å². The molecule has 0 aliphatic rings. The predicted octanol–water partition coefficient (Wildman–Crippen LogP) is 2.58. The van der Waals surface area contributed by atoms with Crippen molar-refractivity contribution >= 4 is 0 Å². The lowest BCUT2D eigenvalue weighted by Gasteiger charge is -2.06. The number of benzene rings is 1. The van der Waals surface area contributed by atoms with E-state index < -0.39 is 0 Å². The molecule has 0 spiro atoms. The van der Waals surface area contributed by atoms with E-state index in [1.807, 2.05) is 10.8 Å². The standard InChI is InChI=1S/C15H20FN3O/c1-3-6-17-8-13-10-19(11-18-13)9-12-4-5-14(20-2)7-15(12)16/h4-5,7,10-11,17H,3,6,8-9H2,1-2H3. The van der Waals surface area contributed by atoms with Crippen LogP contribution in [0.3, 0.4) is 0 Å². The minimum atomic E-state index is -0.260. The number of imidazole rings is 1. The number of ether oxygens (including phenoxy) is 1. The highest BCUT2D eigenvalue weighted by atomic mass is 19.1. The Morgan fingerprint density at radius 1 is 1.40 bits per heavy atom. The third-order valence-corrected chi connectivity index (χ3v) is 3.03. The molecule has 0 radical (unpaired) electrons. The van der Waals surface area contributed by atoms with E-state index in [-0.39, 0.29) is 5.82 Å². The average Bonchev–Trinajstić information content (AvgIpc) is 2.89. The largest absolute Gasteiger partial charge is 0.497 e. The Labute approximate surface area is 118 Å². The van der Waals surface area contributed by atoms with Crippen LogP contribution in [0.5, 0.6) is 5.75 Å². The van der Waals surface area contributed by atoms with Crippen LogP contribution in [-0.4, -0.2) is 23.2 Å². The topological polar surface area (TPSA) is 39.1 Å². The van der Waals surface area contributed by atoms with Gasteiger partial charge in [0.15, 0.2) is 0 Å². The van der Waals surface area contributed by atoms with Gasteiger partial charge in [0, 0.05) is 24.4 Å². The van der Waals surface area contributed by atoms with E-state index in [4.69, 9.17) is 4.74 Å². The van der Waals surface area contributed by atoms with E-state index in [0.717, 1.165) is 25.2 Å². The maximum Gasteiger partial charge on any atom is 0.131 e. The van der Waals surface area contributed by atoms with Crippen LogP contribution >= 0.6 is 0 Å². The second-order valence-electron chi connectivity index (χ2n) is 4.67. The molecule has 0 atom stereocenters. The fourth-order valence-corrected chi connectivity index (χ4v) is 1.96. The molecule has 20 heavy (non-hydrogen) atoms. The van der Waals surface area contributed by atoms with Gasteiger partial charge in [0.1, 0.15) is 11.6 Å². The number of hydrogen-bond acceptors (Lipinski definition) is 3. The summed E-state index contributed by atoms with van der Waals surface area (Å²) in [5, 5.41) is 3.29. The zero-order chi connectivity index (χ0) is 14.4. The molecule has 1 aromatic carbocycles. The molecule has 4 nitrogen and oxygen atoms in total. The fourth-order valence-electron chi connectivity index (χ4n) is 1.96. The maximum atomic E-state index is 13.9. The van der Waals surface area contributed by atoms with Gasteiger partial charge in [-0.05, 0) is 19.0 Å². The maximum absolute atomic E-state index is 13.9. The summed E-state index contributed by atoms with van der Waals surface area (Å²) < 4.78 is 20.7. The zero-order valence-electron chi connectivity index (χ0n) is 11.9. The van der Waals surface area contributed by atoms with Gasteiger partial charge in [-0.2, -0.15) is 0 Å². The van der Waals surface area contributed by atoms with Gasteiger partial charge in [0.25, 0.3) is 0 Å². The first-order valence-electron chi connectivity index (χ1n) is 6.76. The van der Waals surface area contributed by atoms with Crippen molar-refractivity contribution in [2.45, 2.75) is 26.4 Å². The second-order valence-corrected chi connectivity index (χ2v) is 4.67. The molecule has 0 saturated heterocycles. The Balaban J connectivity index is 1.99. The van der Waals surface area contributed by atoms with Crippen LogP contribution in [0.1, 0.15) is 24.6 Å².